The minimum atomic E-state index is -0.0730. The van der Waals surface area contributed by atoms with Gasteiger partial charge in [-0.25, -0.2) is 0 Å². The maximum absolute atomic E-state index is 6.18. The van der Waals surface area contributed by atoms with Crippen LogP contribution in [0.5, 0.6) is 0 Å². The summed E-state index contributed by atoms with van der Waals surface area (Å²) < 4.78 is 5.70. The van der Waals surface area contributed by atoms with Gasteiger partial charge in [-0.05, 0) is 67.7 Å². The van der Waals surface area contributed by atoms with Crippen molar-refractivity contribution in [3.8, 4) is 0 Å². The van der Waals surface area contributed by atoms with Crippen molar-refractivity contribution < 1.29 is 4.74 Å². The first-order chi connectivity index (χ1) is 20.1. The zero-order chi connectivity index (χ0) is 28.1. The van der Waals surface area contributed by atoms with Crippen molar-refractivity contribution in [1.29, 1.82) is 0 Å². The maximum atomic E-state index is 6.18. The number of ether oxygens (including phenoxy) is 1. The minimum absolute atomic E-state index is 0.0730. The molecular weight excluding hydrogens is 554 g/mol. The summed E-state index contributed by atoms with van der Waals surface area (Å²) in [7, 11) is 0. The molecule has 3 saturated heterocycles. The fraction of sp³-hybridized carbons (Fsp3) is 0.452. The summed E-state index contributed by atoms with van der Waals surface area (Å²) in [5.74, 6) is 2.45. The van der Waals surface area contributed by atoms with Crippen molar-refractivity contribution in [2.24, 2.45) is 0 Å². The number of hydrogen-bond acceptors (Lipinski definition) is 7. The third-order valence-electron chi connectivity index (χ3n) is 8.57. The van der Waals surface area contributed by atoms with Crippen molar-refractivity contribution in [1.82, 2.24) is 15.3 Å². The van der Waals surface area contributed by atoms with E-state index in [0.717, 1.165) is 82.0 Å². The predicted molar refractivity (Wildman–Crippen MR) is 172 cm³/mol. The largest absolute Gasteiger partial charge is 0.381 e. The van der Waals surface area contributed by atoms with E-state index >= 15 is 0 Å². The van der Waals surface area contributed by atoms with Crippen LogP contribution in [0.25, 0.3) is 0 Å². The Hall–Kier alpha value is -3.14. The van der Waals surface area contributed by atoms with Crippen LogP contribution in [0, 0.1) is 0 Å². The van der Waals surface area contributed by atoms with Gasteiger partial charge < -0.3 is 30.1 Å². The van der Waals surface area contributed by atoms with E-state index in [-0.39, 0.29) is 5.41 Å². The zero-order valence-corrected chi connectivity index (χ0v) is 25.0. The van der Waals surface area contributed by atoms with Crippen molar-refractivity contribution in [2.75, 3.05) is 79.0 Å². The van der Waals surface area contributed by atoms with Crippen molar-refractivity contribution in [3.05, 3.63) is 71.2 Å². The first kappa shape index (κ1) is 28.0. The second-order valence-electron chi connectivity index (χ2n) is 11.1. The van der Waals surface area contributed by atoms with Gasteiger partial charge in [0, 0.05) is 81.2 Å². The third-order valence-corrected chi connectivity index (χ3v) is 9.07. The molecule has 0 radical (unpaired) electrons. The Labute approximate surface area is 253 Å². The highest BCUT2D eigenvalue weighted by molar-refractivity contribution is 7.80. The highest BCUT2D eigenvalue weighted by Gasteiger charge is 2.34. The average Bonchev–Trinajstić information content (AvgIpc) is 3.57. The molecule has 216 valence electrons. The topological polar surface area (TPSA) is 68.8 Å². The van der Waals surface area contributed by atoms with Crippen molar-refractivity contribution >= 4 is 52.2 Å². The number of piperazine rings is 1. The lowest BCUT2D eigenvalue weighted by atomic mass is 9.74. The number of hydrogen-bond donors (Lipinski definition) is 2. The molecule has 8 nitrogen and oxygen atoms in total. The lowest BCUT2D eigenvalue weighted by molar-refractivity contribution is 0.0515. The van der Waals surface area contributed by atoms with Gasteiger partial charge in [0.1, 0.15) is 11.6 Å². The standard InChI is InChI=1S/C31H38ClN7OS/c32-25-10-8-24(9-11-25)31(12-20-40-21-13-31)23-33-30(41)36-29-34-27(38-14-4-5-15-38)22-28(35-29)39-18-16-37(17-19-39)26-6-2-1-3-7-26/h1-3,6-11,22H,4-5,12-21,23H2,(H2,33,34,35,36,41). The Kier molecular flexibility index (Phi) is 8.74. The average molecular weight is 592 g/mol. The summed E-state index contributed by atoms with van der Waals surface area (Å²) in [4.78, 5) is 17.0. The number of thiocarbonyl (C=S) groups is 1. The number of rotatable bonds is 7. The molecule has 1 aromatic heterocycles. The summed E-state index contributed by atoms with van der Waals surface area (Å²) in [5, 5.41) is 8.08. The molecule has 0 atom stereocenters. The van der Waals surface area contributed by atoms with Gasteiger partial charge in [-0.3, -0.25) is 0 Å². The van der Waals surface area contributed by atoms with Gasteiger partial charge in [0.05, 0.1) is 0 Å². The fourth-order valence-corrected chi connectivity index (χ4v) is 6.40. The van der Waals surface area contributed by atoms with Crippen LogP contribution in [0.4, 0.5) is 23.3 Å². The molecule has 0 amide bonds. The van der Waals surface area contributed by atoms with Gasteiger partial charge >= 0.3 is 0 Å². The predicted octanol–water partition coefficient (Wildman–Crippen LogP) is 5.09. The van der Waals surface area contributed by atoms with Crippen molar-refractivity contribution in [2.45, 2.75) is 31.1 Å². The van der Waals surface area contributed by atoms with E-state index in [2.05, 4.69) is 73.9 Å². The first-order valence-corrected chi connectivity index (χ1v) is 15.4. The molecule has 3 aliphatic rings. The lowest BCUT2D eigenvalue weighted by Gasteiger charge is -2.38. The van der Waals surface area contributed by atoms with Crippen molar-refractivity contribution in [3.63, 3.8) is 0 Å². The van der Waals surface area contributed by atoms with Crippen LogP contribution in [-0.4, -0.2) is 74.1 Å². The number of benzene rings is 2. The summed E-state index contributed by atoms with van der Waals surface area (Å²) in [6, 6.07) is 20.9. The Morgan fingerprint density at radius 1 is 0.829 bits per heavy atom. The molecule has 0 unspecified atom stereocenters. The highest BCUT2D eigenvalue weighted by atomic mass is 35.5. The number of anilines is 4. The third kappa shape index (κ3) is 6.68. The van der Waals surface area contributed by atoms with Gasteiger partial charge in [-0.2, -0.15) is 9.97 Å². The molecule has 3 aliphatic heterocycles. The van der Waals surface area contributed by atoms with E-state index in [4.69, 9.17) is 38.5 Å². The van der Waals surface area contributed by atoms with E-state index in [1.165, 1.54) is 24.1 Å². The van der Waals surface area contributed by atoms with E-state index < -0.39 is 0 Å². The molecule has 4 heterocycles. The number of nitrogens with zero attached hydrogens (tertiary/aromatic N) is 5. The molecule has 6 rings (SSSR count). The molecule has 3 fully saturated rings. The normalized spacial score (nSPS) is 18.8. The van der Waals surface area contributed by atoms with Gasteiger partial charge in [-0.1, -0.05) is 41.9 Å². The van der Waals surface area contributed by atoms with Gasteiger partial charge in [0.25, 0.3) is 0 Å². The van der Waals surface area contributed by atoms with Crippen LogP contribution in [-0.2, 0) is 10.2 Å². The summed E-state index contributed by atoms with van der Waals surface area (Å²) in [6.45, 7) is 7.90. The second kappa shape index (κ2) is 12.8. The van der Waals surface area contributed by atoms with Gasteiger partial charge in [0.15, 0.2) is 5.11 Å². The monoisotopic (exact) mass is 591 g/mol. The number of nitrogens with one attached hydrogen (secondary N) is 2. The molecule has 0 aliphatic carbocycles. The van der Waals surface area contributed by atoms with Crippen LogP contribution >= 0.6 is 23.8 Å². The number of aromatic nitrogens is 2. The van der Waals surface area contributed by atoms with Crippen LogP contribution in [0.3, 0.4) is 0 Å². The van der Waals surface area contributed by atoms with Crippen LogP contribution in [0.2, 0.25) is 5.02 Å². The molecular formula is C31H38ClN7OS. The van der Waals surface area contributed by atoms with Crippen LogP contribution in [0.1, 0.15) is 31.2 Å². The second-order valence-corrected chi connectivity index (χ2v) is 12.0. The fourth-order valence-electron chi connectivity index (χ4n) is 6.11. The highest BCUT2D eigenvalue weighted by Crippen LogP contribution is 2.35. The maximum Gasteiger partial charge on any atom is 0.232 e. The Morgan fingerprint density at radius 3 is 2.10 bits per heavy atom. The number of para-hydroxylation sites is 1. The Balaban J connectivity index is 1.15. The summed E-state index contributed by atoms with van der Waals surface area (Å²) in [6.07, 6.45) is 4.22. The van der Waals surface area contributed by atoms with Gasteiger partial charge in [0.2, 0.25) is 5.95 Å². The molecule has 0 saturated carbocycles. The number of halogens is 1. The van der Waals surface area contributed by atoms with E-state index in [1.807, 2.05) is 12.1 Å². The lowest BCUT2D eigenvalue weighted by Crippen LogP contribution is -2.47. The molecule has 41 heavy (non-hydrogen) atoms. The van der Waals surface area contributed by atoms with Gasteiger partial charge in [-0.15, -0.1) is 0 Å². The van der Waals surface area contributed by atoms with Crippen LogP contribution < -0.4 is 25.3 Å². The Bertz CT molecular complexity index is 1310. The summed E-state index contributed by atoms with van der Waals surface area (Å²) >= 11 is 12.0. The molecule has 2 N–H and O–H groups in total. The smallest absolute Gasteiger partial charge is 0.232 e. The minimum Gasteiger partial charge on any atom is -0.381 e. The Morgan fingerprint density at radius 2 is 1.44 bits per heavy atom. The van der Waals surface area contributed by atoms with E-state index in [0.29, 0.717) is 17.6 Å². The first-order valence-electron chi connectivity index (χ1n) is 14.7. The molecule has 0 spiro atoms. The molecule has 3 aromatic rings. The molecule has 2 aromatic carbocycles. The zero-order valence-electron chi connectivity index (χ0n) is 23.4. The summed E-state index contributed by atoms with van der Waals surface area (Å²) in [5.41, 5.74) is 2.45. The molecule has 10 heteroatoms. The van der Waals surface area contributed by atoms with E-state index in [9.17, 15) is 0 Å². The molecule has 0 bridgehead atoms. The van der Waals surface area contributed by atoms with E-state index in [1.54, 1.807) is 0 Å². The SMILES string of the molecule is S=C(NCC1(c2ccc(Cl)cc2)CCOCC1)Nc1nc(N2CCCC2)cc(N2CCN(c3ccccc3)CC2)n1. The quantitative estimate of drug-likeness (QED) is 0.366. The van der Waals surface area contributed by atoms with Crippen LogP contribution in [0.15, 0.2) is 60.7 Å².